The van der Waals surface area contributed by atoms with E-state index in [2.05, 4.69) is 0 Å². The first-order valence-electron chi connectivity index (χ1n) is 5.08. The molecule has 1 unspecified atom stereocenters. The summed E-state index contributed by atoms with van der Waals surface area (Å²) in [5.74, 6) is 0. The van der Waals surface area contributed by atoms with Crippen LogP contribution in [0.2, 0.25) is 11.6 Å². The van der Waals surface area contributed by atoms with Crippen molar-refractivity contribution in [1.82, 2.24) is 0 Å². The van der Waals surface area contributed by atoms with Gasteiger partial charge in [0.15, 0.2) is 9.04 Å². The van der Waals surface area contributed by atoms with Crippen molar-refractivity contribution in [3.63, 3.8) is 0 Å². The summed E-state index contributed by atoms with van der Waals surface area (Å²) >= 11 is 0. The Labute approximate surface area is 70.9 Å². The third kappa shape index (κ3) is 1.85. The molecule has 2 heteroatoms. The van der Waals surface area contributed by atoms with E-state index in [9.17, 15) is 0 Å². The second kappa shape index (κ2) is 3.72. The topological polar surface area (TPSA) is 9.23 Å². The highest BCUT2D eigenvalue weighted by Gasteiger charge is 2.28. The summed E-state index contributed by atoms with van der Waals surface area (Å²) in [5.41, 5.74) is 1.07. The van der Waals surface area contributed by atoms with Crippen LogP contribution < -0.4 is 0 Å². The van der Waals surface area contributed by atoms with Crippen LogP contribution in [-0.4, -0.2) is 15.6 Å². The van der Waals surface area contributed by atoms with E-state index in [0.29, 0.717) is 0 Å². The van der Waals surface area contributed by atoms with Gasteiger partial charge in [0.1, 0.15) is 0 Å². The smallest absolute Gasteiger partial charge is 0.179 e. The van der Waals surface area contributed by atoms with Crippen molar-refractivity contribution in [2.24, 2.45) is 0 Å². The van der Waals surface area contributed by atoms with Crippen LogP contribution in [0.1, 0.15) is 38.5 Å². The monoisotopic (exact) mass is 170 g/mol. The highest BCUT2D eigenvalue weighted by atomic mass is 28.3. The molecule has 0 N–H and O–H groups in total. The predicted octanol–water partition coefficient (Wildman–Crippen LogP) is 2.46. The Morgan fingerprint density at radius 3 is 2.45 bits per heavy atom. The van der Waals surface area contributed by atoms with Gasteiger partial charge in [-0.2, -0.15) is 0 Å². The molecule has 2 aliphatic rings. The molecule has 0 spiro atoms. The zero-order valence-corrected chi connectivity index (χ0v) is 8.37. The van der Waals surface area contributed by atoms with E-state index in [-0.39, 0.29) is 0 Å². The standard InChI is InChI=1S/C9H18OSi/c1-2-6-9(5-1)11-8-4-3-7-10-11/h9,11H,1-8H2. The molecular weight excluding hydrogens is 152 g/mol. The summed E-state index contributed by atoms with van der Waals surface area (Å²) in [6, 6.07) is 1.48. The first kappa shape index (κ1) is 7.81. The average molecular weight is 170 g/mol. The molecule has 1 atom stereocenters. The quantitative estimate of drug-likeness (QED) is 0.549. The minimum absolute atomic E-state index is 0.679. The van der Waals surface area contributed by atoms with E-state index in [1.807, 2.05) is 0 Å². The molecule has 0 aromatic heterocycles. The second-order valence-electron chi connectivity index (χ2n) is 3.95. The van der Waals surface area contributed by atoms with Crippen LogP contribution in [0.15, 0.2) is 0 Å². The van der Waals surface area contributed by atoms with Crippen molar-refractivity contribution in [3.05, 3.63) is 0 Å². The van der Waals surface area contributed by atoms with Crippen LogP contribution in [0.5, 0.6) is 0 Å². The number of hydrogen-bond donors (Lipinski definition) is 0. The van der Waals surface area contributed by atoms with E-state index in [1.165, 1.54) is 44.6 Å². The fraction of sp³-hybridized carbons (Fsp3) is 1.00. The third-order valence-corrected chi connectivity index (χ3v) is 6.50. The molecule has 1 saturated carbocycles. The van der Waals surface area contributed by atoms with Crippen LogP contribution in [0.3, 0.4) is 0 Å². The lowest BCUT2D eigenvalue weighted by Crippen LogP contribution is -2.27. The molecule has 0 radical (unpaired) electrons. The van der Waals surface area contributed by atoms with Gasteiger partial charge in [-0.3, -0.25) is 0 Å². The van der Waals surface area contributed by atoms with Gasteiger partial charge in [0, 0.05) is 6.61 Å². The molecule has 64 valence electrons. The Kier molecular flexibility index (Phi) is 2.64. The zero-order valence-electron chi connectivity index (χ0n) is 7.22. The zero-order chi connectivity index (χ0) is 7.52. The molecular formula is C9H18OSi. The van der Waals surface area contributed by atoms with Crippen molar-refractivity contribution < 1.29 is 4.43 Å². The minimum atomic E-state index is -0.679. The summed E-state index contributed by atoms with van der Waals surface area (Å²) in [5, 5.41) is 0. The molecule has 0 bridgehead atoms. The molecule has 2 rings (SSSR count). The normalized spacial score (nSPS) is 34.4. The third-order valence-electron chi connectivity index (χ3n) is 3.14. The van der Waals surface area contributed by atoms with Crippen molar-refractivity contribution >= 4 is 9.04 Å². The lowest BCUT2D eigenvalue weighted by molar-refractivity contribution is 0.279. The van der Waals surface area contributed by atoms with Crippen LogP contribution in [0, 0.1) is 0 Å². The summed E-state index contributed by atoms with van der Waals surface area (Å²) < 4.78 is 5.90. The maximum Gasteiger partial charge on any atom is 0.179 e. The molecule has 1 aliphatic heterocycles. The lowest BCUT2D eigenvalue weighted by atomic mass is 10.3. The van der Waals surface area contributed by atoms with Gasteiger partial charge in [0.25, 0.3) is 0 Å². The summed E-state index contributed by atoms with van der Waals surface area (Å²) in [7, 11) is -0.679. The SMILES string of the molecule is C1CC[SiH](C2CCCC2)OC1. The van der Waals surface area contributed by atoms with Gasteiger partial charge in [-0.15, -0.1) is 0 Å². The van der Waals surface area contributed by atoms with Crippen molar-refractivity contribution in [2.45, 2.75) is 50.1 Å². The molecule has 0 aromatic rings. The molecule has 1 saturated heterocycles. The highest BCUT2D eigenvalue weighted by Crippen LogP contribution is 2.36. The molecule has 11 heavy (non-hydrogen) atoms. The van der Waals surface area contributed by atoms with Crippen molar-refractivity contribution in [1.29, 1.82) is 0 Å². The van der Waals surface area contributed by atoms with Crippen molar-refractivity contribution in [3.8, 4) is 0 Å². The van der Waals surface area contributed by atoms with Crippen molar-refractivity contribution in [2.75, 3.05) is 6.61 Å². The number of hydrogen-bond acceptors (Lipinski definition) is 1. The van der Waals surface area contributed by atoms with E-state index in [0.717, 1.165) is 12.1 Å². The van der Waals surface area contributed by atoms with E-state index >= 15 is 0 Å². The fourth-order valence-electron chi connectivity index (χ4n) is 2.47. The van der Waals surface area contributed by atoms with Gasteiger partial charge in [-0.25, -0.2) is 0 Å². The fourth-order valence-corrected chi connectivity index (χ4v) is 5.75. The van der Waals surface area contributed by atoms with Gasteiger partial charge in [0.05, 0.1) is 0 Å². The van der Waals surface area contributed by atoms with Crippen LogP contribution in [-0.2, 0) is 4.43 Å². The number of rotatable bonds is 1. The molecule has 1 aliphatic carbocycles. The second-order valence-corrected chi connectivity index (χ2v) is 6.88. The van der Waals surface area contributed by atoms with E-state index in [4.69, 9.17) is 4.43 Å². The van der Waals surface area contributed by atoms with E-state index in [1.54, 1.807) is 0 Å². The first-order valence-corrected chi connectivity index (χ1v) is 7.04. The Morgan fingerprint density at radius 1 is 1.00 bits per heavy atom. The molecule has 2 fully saturated rings. The largest absolute Gasteiger partial charge is 0.420 e. The van der Waals surface area contributed by atoms with Crippen LogP contribution in [0.25, 0.3) is 0 Å². The minimum Gasteiger partial charge on any atom is -0.420 e. The van der Waals surface area contributed by atoms with Gasteiger partial charge in [0.2, 0.25) is 0 Å². The Hall–Kier alpha value is 0.177. The Morgan fingerprint density at radius 2 is 1.82 bits per heavy atom. The maximum absolute atomic E-state index is 5.90. The Bertz CT molecular complexity index is 115. The Balaban J connectivity index is 1.82. The van der Waals surface area contributed by atoms with Crippen LogP contribution in [0.4, 0.5) is 0 Å². The first-order chi connectivity index (χ1) is 5.47. The molecule has 1 heterocycles. The average Bonchev–Trinajstić information content (AvgIpc) is 2.58. The van der Waals surface area contributed by atoms with Gasteiger partial charge in [-0.1, -0.05) is 32.1 Å². The molecule has 0 aromatic carbocycles. The van der Waals surface area contributed by atoms with E-state index < -0.39 is 9.04 Å². The molecule has 0 amide bonds. The highest BCUT2D eigenvalue weighted by molar-refractivity contribution is 6.53. The van der Waals surface area contributed by atoms with Gasteiger partial charge >= 0.3 is 0 Å². The van der Waals surface area contributed by atoms with Crippen LogP contribution >= 0.6 is 0 Å². The lowest BCUT2D eigenvalue weighted by Gasteiger charge is -2.25. The summed E-state index contributed by atoms with van der Waals surface area (Å²) in [4.78, 5) is 0. The summed E-state index contributed by atoms with van der Waals surface area (Å²) in [6.45, 7) is 1.09. The van der Waals surface area contributed by atoms with Gasteiger partial charge in [-0.05, 0) is 18.0 Å². The van der Waals surface area contributed by atoms with Gasteiger partial charge < -0.3 is 4.43 Å². The summed E-state index contributed by atoms with van der Waals surface area (Å²) in [6.07, 6.45) is 8.76. The predicted molar refractivity (Wildman–Crippen MR) is 49.4 cm³/mol. The maximum atomic E-state index is 5.90. The molecule has 1 nitrogen and oxygen atoms in total.